The Morgan fingerprint density at radius 2 is 1.96 bits per heavy atom. The van der Waals surface area contributed by atoms with Crippen LogP contribution in [0.2, 0.25) is 0 Å². The fourth-order valence-electron chi connectivity index (χ4n) is 2.66. The zero-order valence-electron chi connectivity index (χ0n) is 15.2. The summed E-state index contributed by atoms with van der Waals surface area (Å²) in [4.78, 5) is 16.6. The molecule has 7 heteroatoms. The van der Waals surface area contributed by atoms with Gasteiger partial charge in [0, 0.05) is 5.69 Å². The van der Waals surface area contributed by atoms with Crippen molar-refractivity contribution in [1.29, 1.82) is 0 Å². The maximum atomic E-state index is 13.8. The molecule has 0 bridgehead atoms. The van der Waals surface area contributed by atoms with Crippen LogP contribution in [0.5, 0.6) is 0 Å². The van der Waals surface area contributed by atoms with Crippen molar-refractivity contribution in [3.63, 3.8) is 0 Å². The predicted octanol–water partition coefficient (Wildman–Crippen LogP) is 4.86. The molecule has 140 valence electrons. The van der Waals surface area contributed by atoms with Gasteiger partial charge in [-0.1, -0.05) is 55.9 Å². The molecule has 0 aliphatic carbocycles. The average Bonchev–Trinajstić information content (AvgIpc) is 3.15. The molecule has 1 atom stereocenters. The van der Waals surface area contributed by atoms with Gasteiger partial charge in [0.15, 0.2) is 5.82 Å². The summed E-state index contributed by atoms with van der Waals surface area (Å²) in [6, 6.07) is 14.2. The van der Waals surface area contributed by atoms with Crippen molar-refractivity contribution in [2.24, 2.45) is 0 Å². The molecule has 0 fully saturated rings. The molecule has 2 N–H and O–H groups in total. The molecular formula is C20H21FN4OS. The molecule has 1 amide bonds. The first kappa shape index (κ1) is 19.1. The van der Waals surface area contributed by atoms with Gasteiger partial charge >= 0.3 is 0 Å². The summed E-state index contributed by atoms with van der Waals surface area (Å²) in [6.07, 6.45) is 0.998. The summed E-state index contributed by atoms with van der Waals surface area (Å²) in [5.74, 6) is 0.379. The first-order chi connectivity index (χ1) is 13.1. The number of hydrogen-bond acceptors (Lipinski definition) is 4. The highest BCUT2D eigenvalue weighted by Crippen LogP contribution is 2.27. The maximum absolute atomic E-state index is 13.8. The van der Waals surface area contributed by atoms with Crippen LogP contribution in [-0.4, -0.2) is 26.8 Å². The first-order valence-electron chi connectivity index (χ1n) is 8.77. The number of rotatable bonds is 7. The fraction of sp³-hybridized carbons (Fsp3) is 0.250. The number of para-hydroxylation sites is 1. The molecule has 2 aromatic carbocycles. The largest absolute Gasteiger partial charge is 0.325 e. The zero-order valence-corrected chi connectivity index (χ0v) is 16.0. The van der Waals surface area contributed by atoms with Crippen LogP contribution < -0.4 is 5.32 Å². The van der Waals surface area contributed by atoms with Crippen molar-refractivity contribution in [3.05, 3.63) is 59.9 Å². The van der Waals surface area contributed by atoms with Crippen LogP contribution in [0.15, 0.2) is 53.7 Å². The van der Waals surface area contributed by atoms with Gasteiger partial charge in [0.25, 0.3) is 0 Å². The number of carbonyl (C=O) groups is 1. The molecule has 5 nitrogen and oxygen atoms in total. The lowest BCUT2D eigenvalue weighted by Crippen LogP contribution is -2.16. The SMILES string of the molecule is CC[C@H](C)c1ccccc1NC(=O)CSc1n[nH]c(-c2ccccc2F)n1. The molecule has 0 radical (unpaired) electrons. The van der Waals surface area contributed by atoms with Crippen LogP contribution >= 0.6 is 11.8 Å². The number of carbonyl (C=O) groups excluding carboxylic acids is 1. The molecule has 3 aromatic rings. The quantitative estimate of drug-likeness (QED) is 0.571. The number of benzene rings is 2. The van der Waals surface area contributed by atoms with E-state index in [0.29, 0.717) is 22.5 Å². The second kappa shape index (κ2) is 8.81. The van der Waals surface area contributed by atoms with Gasteiger partial charge in [-0.05, 0) is 36.1 Å². The van der Waals surface area contributed by atoms with Gasteiger partial charge in [-0.3, -0.25) is 9.89 Å². The third-order valence-electron chi connectivity index (χ3n) is 4.30. The second-order valence-corrected chi connectivity index (χ2v) is 7.12. The fourth-order valence-corrected chi connectivity index (χ4v) is 3.26. The lowest BCUT2D eigenvalue weighted by Gasteiger charge is -2.15. The van der Waals surface area contributed by atoms with Crippen LogP contribution in [-0.2, 0) is 4.79 Å². The number of aromatic nitrogens is 3. The second-order valence-electron chi connectivity index (χ2n) is 6.18. The molecule has 0 unspecified atom stereocenters. The number of aromatic amines is 1. The lowest BCUT2D eigenvalue weighted by molar-refractivity contribution is -0.113. The predicted molar refractivity (Wildman–Crippen MR) is 106 cm³/mol. The molecule has 0 aliphatic heterocycles. The van der Waals surface area contributed by atoms with E-state index in [1.165, 1.54) is 17.8 Å². The van der Waals surface area contributed by atoms with Gasteiger partial charge in [-0.15, -0.1) is 5.10 Å². The van der Waals surface area contributed by atoms with E-state index in [1.54, 1.807) is 18.2 Å². The summed E-state index contributed by atoms with van der Waals surface area (Å²) >= 11 is 1.20. The van der Waals surface area contributed by atoms with Crippen LogP contribution in [0, 0.1) is 5.82 Å². The van der Waals surface area contributed by atoms with Gasteiger partial charge in [0.05, 0.1) is 11.3 Å². The van der Waals surface area contributed by atoms with E-state index < -0.39 is 0 Å². The summed E-state index contributed by atoms with van der Waals surface area (Å²) < 4.78 is 13.8. The smallest absolute Gasteiger partial charge is 0.234 e. The van der Waals surface area contributed by atoms with Crippen molar-refractivity contribution < 1.29 is 9.18 Å². The van der Waals surface area contributed by atoms with E-state index in [9.17, 15) is 9.18 Å². The Labute approximate surface area is 161 Å². The number of thioether (sulfide) groups is 1. The monoisotopic (exact) mass is 384 g/mol. The highest BCUT2D eigenvalue weighted by Gasteiger charge is 2.14. The van der Waals surface area contributed by atoms with Crippen LogP contribution in [0.1, 0.15) is 31.7 Å². The zero-order chi connectivity index (χ0) is 19.2. The summed E-state index contributed by atoms with van der Waals surface area (Å²) in [6.45, 7) is 4.26. The van der Waals surface area contributed by atoms with Crippen molar-refractivity contribution in [1.82, 2.24) is 15.2 Å². The van der Waals surface area contributed by atoms with Crippen LogP contribution in [0.4, 0.5) is 10.1 Å². The Morgan fingerprint density at radius 3 is 2.74 bits per heavy atom. The van der Waals surface area contributed by atoms with Crippen LogP contribution in [0.3, 0.4) is 0 Å². The third-order valence-corrected chi connectivity index (χ3v) is 5.15. The Bertz CT molecular complexity index is 928. The molecule has 27 heavy (non-hydrogen) atoms. The number of nitrogens with one attached hydrogen (secondary N) is 2. The van der Waals surface area contributed by atoms with Gasteiger partial charge in [-0.2, -0.15) is 0 Å². The number of anilines is 1. The average molecular weight is 384 g/mol. The Balaban J connectivity index is 1.62. The van der Waals surface area contributed by atoms with Crippen molar-refractivity contribution >= 4 is 23.4 Å². The molecule has 0 spiro atoms. The highest BCUT2D eigenvalue weighted by molar-refractivity contribution is 7.99. The van der Waals surface area contributed by atoms with E-state index in [0.717, 1.165) is 17.7 Å². The number of nitrogens with zero attached hydrogens (tertiary/aromatic N) is 2. The minimum absolute atomic E-state index is 0.131. The van der Waals surface area contributed by atoms with Gasteiger partial charge < -0.3 is 5.32 Å². The number of amides is 1. The van der Waals surface area contributed by atoms with Gasteiger partial charge in [0.1, 0.15) is 5.82 Å². The summed E-state index contributed by atoms with van der Waals surface area (Å²) in [5, 5.41) is 10.1. The minimum Gasteiger partial charge on any atom is -0.325 e. The molecule has 1 heterocycles. The Kier molecular flexibility index (Phi) is 6.24. The molecule has 3 rings (SSSR count). The maximum Gasteiger partial charge on any atom is 0.234 e. The molecule has 1 aromatic heterocycles. The van der Waals surface area contributed by atoms with Crippen molar-refractivity contribution in [2.75, 3.05) is 11.1 Å². The van der Waals surface area contributed by atoms with E-state index in [-0.39, 0.29) is 17.5 Å². The third kappa shape index (κ3) is 4.74. The summed E-state index contributed by atoms with van der Waals surface area (Å²) in [5.41, 5.74) is 2.31. The van der Waals surface area contributed by atoms with E-state index in [2.05, 4.69) is 34.3 Å². The van der Waals surface area contributed by atoms with E-state index in [1.807, 2.05) is 24.3 Å². The van der Waals surface area contributed by atoms with E-state index >= 15 is 0 Å². The number of H-pyrrole nitrogens is 1. The Morgan fingerprint density at radius 1 is 1.22 bits per heavy atom. The van der Waals surface area contributed by atoms with Gasteiger partial charge in [-0.25, -0.2) is 9.37 Å². The van der Waals surface area contributed by atoms with Gasteiger partial charge in [0.2, 0.25) is 11.1 Å². The Hall–Kier alpha value is -2.67. The molecular weight excluding hydrogens is 363 g/mol. The van der Waals surface area contributed by atoms with E-state index in [4.69, 9.17) is 0 Å². The first-order valence-corrected chi connectivity index (χ1v) is 9.76. The number of halogens is 1. The highest BCUT2D eigenvalue weighted by atomic mass is 32.2. The standard InChI is InChI=1S/C20H21FN4OS/c1-3-13(2)14-8-5-7-11-17(14)22-18(26)12-27-20-23-19(24-25-20)15-9-4-6-10-16(15)21/h4-11,13H,3,12H2,1-2H3,(H,22,26)(H,23,24,25)/t13-/m0/s1. The van der Waals surface area contributed by atoms with Crippen molar-refractivity contribution in [2.45, 2.75) is 31.3 Å². The van der Waals surface area contributed by atoms with Crippen LogP contribution in [0.25, 0.3) is 11.4 Å². The van der Waals surface area contributed by atoms with Crippen molar-refractivity contribution in [3.8, 4) is 11.4 Å². The topological polar surface area (TPSA) is 70.7 Å². The molecule has 0 aliphatic rings. The summed E-state index contributed by atoms with van der Waals surface area (Å²) in [7, 11) is 0. The molecule has 0 saturated heterocycles. The lowest BCUT2D eigenvalue weighted by atomic mass is 9.97. The normalized spacial score (nSPS) is 12.0. The number of hydrogen-bond donors (Lipinski definition) is 2. The minimum atomic E-state index is -0.371. The molecule has 0 saturated carbocycles.